The van der Waals surface area contributed by atoms with Crippen LogP contribution in [0, 0.1) is 6.92 Å². The number of quaternary nitrogens is 1. The number of fused-ring (bicyclic) bond motifs is 1. The van der Waals surface area contributed by atoms with Crippen LogP contribution in [-0.4, -0.2) is 56.3 Å². The Morgan fingerprint density at radius 1 is 1.30 bits per heavy atom. The van der Waals surface area contributed by atoms with E-state index in [2.05, 4.69) is 0 Å². The number of aliphatic carboxylic acids is 1. The fraction of sp³-hybridized carbons (Fsp3) is 0.474. The molecule has 0 saturated carbocycles. The fourth-order valence-electron chi connectivity index (χ4n) is 3.09. The number of furan rings is 1. The van der Waals surface area contributed by atoms with Crippen molar-refractivity contribution in [3.63, 3.8) is 0 Å². The van der Waals surface area contributed by atoms with Crippen molar-refractivity contribution in [1.82, 2.24) is 0 Å². The van der Waals surface area contributed by atoms with E-state index in [9.17, 15) is 9.90 Å². The summed E-state index contributed by atoms with van der Waals surface area (Å²) in [5.41, 5.74) is 1.56. The van der Waals surface area contributed by atoms with E-state index < -0.39 is 5.97 Å². The van der Waals surface area contributed by atoms with Gasteiger partial charge in [0.05, 0.1) is 25.0 Å². The zero-order valence-corrected chi connectivity index (χ0v) is 15.8. The third-order valence-electron chi connectivity index (χ3n) is 4.36. The van der Waals surface area contributed by atoms with Crippen LogP contribution in [0.2, 0.25) is 0 Å². The number of carbonyl (C=O) groups excluding carboxylic acids is 2. The SMILES string of the molecule is CC(=O)[O-].CC(=O)c1c(OCC[NH+]2CCOCC2)c(O)c2occc2c1C. The van der Waals surface area contributed by atoms with Crippen molar-refractivity contribution in [1.29, 1.82) is 0 Å². The van der Waals surface area contributed by atoms with Gasteiger partial charge in [-0.2, -0.15) is 0 Å². The zero-order valence-electron chi connectivity index (χ0n) is 15.8. The highest BCUT2D eigenvalue weighted by Crippen LogP contribution is 2.41. The van der Waals surface area contributed by atoms with Gasteiger partial charge in [0.25, 0.3) is 0 Å². The predicted octanol–water partition coefficient (Wildman–Crippen LogP) is -0.300. The van der Waals surface area contributed by atoms with Crippen molar-refractivity contribution in [2.24, 2.45) is 0 Å². The van der Waals surface area contributed by atoms with E-state index in [0.717, 1.165) is 50.7 Å². The third kappa shape index (κ3) is 5.21. The number of morpholine rings is 1. The number of rotatable bonds is 5. The van der Waals surface area contributed by atoms with Crippen LogP contribution in [0.1, 0.15) is 29.8 Å². The molecule has 148 valence electrons. The molecule has 1 aromatic heterocycles. The molecule has 2 heterocycles. The molecular weight excluding hydrogens is 354 g/mol. The fourth-order valence-corrected chi connectivity index (χ4v) is 3.09. The topological polar surface area (TPSA) is 113 Å². The molecule has 0 unspecified atom stereocenters. The number of carbonyl (C=O) groups is 2. The lowest BCUT2D eigenvalue weighted by molar-refractivity contribution is -0.908. The lowest BCUT2D eigenvalue weighted by Crippen LogP contribution is -3.14. The van der Waals surface area contributed by atoms with Gasteiger partial charge < -0.3 is 33.8 Å². The molecule has 0 spiro atoms. The molecule has 27 heavy (non-hydrogen) atoms. The maximum Gasteiger partial charge on any atom is 0.202 e. The number of aromatic hydroxyl groups is 1. The van der Waals surface area contributed by atoms with Gasteiger partial charge in [-0.3, -0.25) is 4.79 Å². The highest BCUT2D eigenvalue weighted by Gasteiger charge is 2.23. The largest absolute Gasteiger partial charge is 0.550 e. The summed E-state index contributed by atoms with van der Waals surface area (Å²) in [4.78, 5) is 22.3. The quantitative estimate of drug-likeness (QED) is 0.686. The van der Waals surface area contributed by atoms with E-state index in [1.807, 2.05) is 6.92 Å². The number of aryl methyl sites for hydroxylation is 1. The summed E-state index contributed by atoms with van der Waals surface area (Å²) < 4.78 is 16.5. The number of phenolic OH excluding ortho intramolecular Hbond substituents is 1. The van der Waals surface area contributed by atoms with Crippen molar-refractivity contribution >= 4 is 22.7 Å². The van der Waals surface area contributed by atoms with Gasteiger partial charge >= 0.3 is 0 Å². The van der Waals surface area contributed by atoms with Gasteiger partial charge in [0, 0.05) is 11.4 Å². The van der Waals surface area contributed by atoms with Crippen LogP contribution in [-0.2, 0) is 9.53 Å². The number of carboxylic acid groups (broad SMARTS) is 1. The van der Waals surface area contributed by atoms with Gasteiger partial charge in [-0.25, -0.2) is 0 Å². The summed E-state index contributed by atoms with van der Waals surface area (Å²) in [7, 11) is 0. The van der Waals surface area contributed by atoms with E-state index in [1.165, 1.54) is 18.1 Å². The molecule has 3 rings (SSSR count). The first-order valence-electron chi connectivity index (χ1n) is 8.78. The average molecular weight is 379 g/mol. The lowest BCUT2D eigenvalue weighted by Gasteiger charge is -2.24. The number of nitrogens with one attached hydrogen (secondary N) is 1. The van der Waals surface area contributed by atoms with Crippen LogP contribution in [0.15, 0.2) is 16.7 Å². The van der Waals surface area contributed by atoms with E-state index in [-0.39, 0.29) is 17.3 Å². The van der Waals surface area contributed by atoms with Gasteiger partial charge in [-0.1, -0.05) is 0 Å². The highest BCUT2D eigenvalue weighted by molar-refractivity contribution is 6.05. The number of Topliss-reactive ketones (excluding diaryl/α,β-unsaturated/α-hetero) is 1. The van der Waals surface area contributed by atoms with Gasteiger partial charge in [0.2, 0.25) is 5.75 Å². The molecule has 8 nitrogen and oxygen atoms in total. The molecule has 1 aliphatic rings. The number of benzene rings is 1. The van der Waals surface area contributed by atoms with Crippen LogP contribution < -0.4 is 14.7 Å². The first-order chi connectivity index (χ1) is 12.8. The highest BCUT2D eigenvalue weighted by atomic mass is 16.5. The standard InChI is InChI=1S/C17H21NO5.C2H4O2/c1-11-13-3-7-22-16(13)15(20)17(14(11)12(2)19)23-10-6-18-4-8-21-9-5-18;1-2(3)4/h3,7,20H,4-6,8-10H2,1-2H3;1H3,(H,3,4). The Labute approximate surface area is 157 Å². The average Bonchev–Trinajstić information content (AvgIpc) is 3.09. The van der Waals surface area contributed by atoms with Crippen LogP contribution in [0.25, 0.3) is 11.0 Å². The molecule has 0 radical (unpaired) electrons. The molecule has 0 atom stereocenters. The monoisotopic (exact) mass is 379 g/mol. The Morgan fingerprint density at radius 3 is 2.52 bits per heavy atom. The first kappa shape index (κ1) is 20.7. The number of hydrogen-bond acceptors (Lipinski definition) is 7. The number of ether oxygens (including phenoxy) is 2. The molecule has 1 aromatic carbocycles. The molecule has 2 N–H and O–H groups in total. The van der Waals surface area contributed by atoms with Crippen LogP contribution in [0.3, 0.4) is 0 Å². The van der Waals surface area contributed by atoms with E-state index in [0.29, 0.717) is 17.8 Å². The summed E-state index contributed by atoms with van der Waals surface area (Å²) >= 11 is 0. The number of ketones is 1. The Balaban J connectivity index is 0.000000596. The predicted molar refractivity (Wildman–Crippen MR) is 95.2 cm³/mol. The Morgan fingerprint density at radius 2 is 1.93 bits per heavy atom. The lowest BCUT2D eigenvalue weighted by atomic mass is 9.99. The van der Waals surface area contributed by atoms with E-state index in [1.54, 1.807) is 6.07 Å². The number of phenols is 1. The molecular formula is C19H25NO7. The Kier molecular flexibility index (Phi) is 7.20. The first-order valence-corrected chi connectivity index (χ1v) is 8.78. The molecule has 0 bridgehead atoms. The Hall–Kier alpha value is -2.58. The second kappa shape index (κ2) is 9.38. The number of hydrogen-bond donors (Lipinski definition) is 2. The van der Waals surface area contributed by atoms with E-state index >= 15 is 0 Å². The molecule has 1 fully saturated rings. The second-order valence-corrected chi connectivity index (χ2v) is 6.35. The summed E-state index contributed by atoms with van der Waals surface area (Å²) in [6.07, 6.45) is 1.50. The van der Waals surface area contributed by atoms with E-state index in [4.69, 9.17) is 23.8 Å². The third-order valence-corrected chi connectivity index (χ3v) is 4.36. The smallest absolute Gasteiger partial charge is 0.202 e. The zero-order chi connectivity index (χ0) is 20.0. The molecule has 2 aromatic rings. The minimum Gasteiger partial charge on any atom is -0.550 e. The molecule has 1 aliphatic heterocycles. The molecule has 1 saturated heterocycles. The minimum atomic E-state index is -1.08. The van der Waals surface area contributed by atoms with Crippen molar-refractivity contribution < 1.29 is 38.6 Å². The van der Waals surface area contributed by atoms with Crippen LogP contribution >= 0.6 is 0 Å². The van der Waals surface area contributed by atoms with Crippen molar-refractivity contribution in [2.45, 2.75) is 20.8 Å². The molecule has 0 aliphatic carbocycles. The minimum absolute atomic E-state index is 0.0993. The molecule has 0 amide bonds. The van der Waals surface area contributed by atoms with Crippen molar-refractivity contribution in [2.75, 3.05) is 39.5 Å². The van der Waals surface area contributed by atoms with Crippen LogP contribution in [0.5, 0.6) is 11.5 Å². The molecule has 8 heteroatoms. The summed E-state index contributed by atoms with van der Waals surface area (Å²) in [5, 5.41) is 20.1. The van der Waals surface area contributed by atoms with Crippen LogP contribution in [0.4, 0.5) is 0 Å². The second-order valence-electron chi connectivity index (χ2n) is 6.35. The Bertz CT molecular complexity index is 802. The van der Waals surface area contributed by atoms with Gasteiger partial charge in [0.1, 0.15) is 26.2 Å². The maximum absolute atomic E-state index is 12.0. The summed E-state index contributed by atoms with van der Waals surface area (Å²) in [6, 6.07) is 1.75. The van der Waals surface area contributed by atoms with Crippen molar-refractivity contribution in [3.05, 3.63) is 23.5 Å². The normalized spacial score (nSPS) is 14.5. The van der Waals surface area contributed by atoms with Gasteiger partial charge in [0.15, 0.2) is 17.1 Å². The van der Waals surface area contributed by atoms with Crippen molar-refractivity contribution in [3.8, 4) is 11.5 Å². The van der Waals surface area contributed by atoms with Gasteiger partial charge in [-0.05, 0) is 32.4 Å². The number of carboxylic acids is 1. The van der Waals surface area contributed by atoms with Gasteiger partial charge in [-0.15, -0.1) is 0 Å². The maximum atomic E-state index is 12.0. The summed E-state index contributed by atoms with van der Waals surface area (Å²) in [5.74, 6) is -1.09. The summed E-state index contributed by atoms with van der Waals surface area (Å²) in [6.45, 7) is 8.94.